The average Bonchev–Trinajstić information content (AvgIpc) is 1.61. The van der Waals surface area contributed by atoms with Crippen molar-refractivity contribution in [2.45, 2.75) is 238 Å². The number of nitrogens with zero attached hydrogens (tertiary/aromatic N) is 4. The van der Waals surface area contributed by atoms with E-state index in [0.717, 1.165) is 115 Å². The molecule has 15 rings (SSSR count). The number of piperidine rings is 4. The first kappa shape index (κ1) is 113. The van der Waals surface area contributed by atoms with Gasteiger partial charge in [-0.25, -0.2) is 19.2 Å². The highest BCUT2D eigenvalue weighted by Gasteiger charge is 2.43. The Bertz CT molecular complexity index is 4130. The van der Waals surface area contributed by atoms with Crippen LogP contribution in [0.5, 0.6) is 0 Å². The molecule has 22 heteroatoms. The number of carbonyl (C=O) groups is 6. The monoisotopic (exact) mass is 1870 g/mol. The van der Waals surface area contributed by atoms with Gasteiger partial charge in [0.25, 0.3) is 0 Å². The van der Waals surface area contributed by atoms with Crippen LogP contribution in [0.2, 0.25) is 0 Å². The number of rotatable bonds is 12. The molecule has 1 saturated carbocycles. The average molecular weight is 1870 g/mol. The number of hydrazine groups is 1. The fourth-order valence-corrected chi connectivity index (χ4v) is 14.9. The molecule has 0 atom stereocenters. The third kappa shape index (κ3) is 43.0. The molecular weight excluding hydrogens is 1720 g/mol. The van der Waals surface area contributed by atoms with E-state index in [1.54, 1.807) is 28.7 Å². The number of benzene rings is 8. The van der Waals surface area contributed by atoms with Gasteiger partial charge in [-0.2, -0.15) is 0 Å². The number of hydrogen-bond acceptors (Lipinski definition) is 16. The van der Waals surface area contributed by atoms with Gasteiger partial charge in [0.1, 0.15) is 38.0 Å². The van der Waals surface area contributed by atoms with Crippen LogP contribution in [0.15, 0.2) is 239 Å². The fraction of sp³-hybridized carbons (Fsp3) is 0.456. The van der Waals surface area contributed by atoms with Crippen LogP contribution in [0.3, 0.4) is 0 Å². The van der Waals surface area contributed by atoms with Crippen LogP contribution in [-0.2, 0) is 77.1 Å². The maximum atomic E-state index is 12.4. The quantitative estimate of drug-likeness (QED) is 0.0293. The highest BCUT2D eigenvalue weighted by molar-refractivity contribution is 9.11. The number of likely N-dealkylation sites (tertiary alicyclic amines) is 4. The number of fused-ring (bicyclic) bond motifs is 4. The van der Waals surface area contributed by atoms with Crippen molar-refractivity contribution >= 4 is 95.8 Å². The van der Waals surface area contributed by atoms with E-state index in [1.807, 2.05) is 267 Å². The molecule has 1 aliphatic carbocycles. The topological polar surface area (TPSA) is 224 Å². The van der Waals surface area contributed by atoms with Crippen LogP contribution < -0.4 is 21.9 Å². The molecule has 3 amide bonds. The molecule has 5 N–H and O–H groups in total. The zero-order valence-electron chi connectivity index (χ0n) is 78.2. The number of Topliss-reactive ketones (excluding diaryl/α,β-unsaturated/α-hetero) is 2. The molecule has 8 aromatic carbocycles. The molecule has 7 aliphatic rings. The molecule has 6 aliphatic heterocycles. The van der Waals surface area contributed by atoms with Crippen molar-refractivity contribution in [1.82, 2.24) is 19.6 Å². The number of para-hydroxylation sites is 3. The number of methoxy groups -OCH3 is 1. The first-order chi connectivity index (χ1) is 61.1. The molecule has 5 fully saturated rings. The highest BCUT2D eigenvalue weighted by atomic mass is 79.9. The van der Waals surface area contributed by atoms with Crippen LogP contribution in [0.4, 0.5) is 36.2 Å². The van der Waals surface area contributed by atoms with Crippen LogP contribution in [0, 0.1) is 0 Å². The number of halogens is 3. The minimum absolute atomic E-state index is 0.134. The van der Waals surface area contributed by atoms with Gasteiger partial charge in [0.05, 0.1) is 24.7 Å². The summed E-state index contributed by atoms with van der Waals surface area (Å²) in [6, 6.07) is 71.8. The minimum Gasteiger partial charge on any atom is -0.504 e. The number of nitrogen functional groups attached to an aromatic ring is 1. The van der Waals surface area contributed by atoms with Gasteiger partial charge in [0, 0.05) is 135 Å². The molecule has 0 radical (unpaired) electrons. The number of nitrogens with one attached hydrogen (secondary N) is 3. The molecule has 6 heterocycles. The molecule has 0 bridgehead atoms. The van der Waals surface area contributed by atoms with E-state index in [-0.39, 0.29) is 42.7 Å². The fourth-order valence-electron chi connectivity index (χ4n) is 13.9. The molecule has 8 aromatic rings. The third-order valence-corrected chi connectivity index (χ3v) is 21.6. The minimum atomic E-state index is -0.770. The summed E-state index contributed by atoms with van der Waals surface area (Å²) >= 11 is 11.9. The summed E-state index contributed by atoms with van der Waals surface area (Å²) < 4.78 is 27.6. The van der Waals surface area contributed by atoms with Crippen molar-refractivity contribution in [2.75, 3.05) is 88.6 Å². The van der Waals surface area contributed by atoms with Crippen molar-refractivity contribution < 1.29 is 52.5 Å². The molecule has 125 heavy (non-hydrogen) atoms. The molecule has 4 saturated heterocycles. The Kier molecular flexibility index (Phi) is 64.1. The van der Waals surface area contributed by atoms with Gasteiger partial charge >= 0.3 is 23.7 Å². The van der Waals surface area contributed by atoms with Gasteiger partial charge in [0.2, 0.25) is 0 Å². The van der Waals surface area contributed by atoms with E-state index >= 15 is 0 Å². The summed E-state index contributed by atoms with van der Waals surface area (Å²) in [6.45, 7) is 42.0. The molecule has 688 valence electrons. The van der Waals surface area contributed by atoms with Crippen LogP contribution in [0.1, 0.15) is 233 Å². The Labute approximate surface area is 773 Å². The van der Waals surface area contributed by atoms with Crippen molar-refractivity contribution in [3.05, 3.63) is 278 Å². The smallest absolute Gasteiger partial charge is 0.410 e. The zero-order chi connectivity index (χ0) is 92.9. The van der Waals surface area contributed by atoms with Crippen molar-refractivity contribution in [2.24, 2.45) is 5.84 Å². The van der Waals surface area contributed by atoms with Crippen LogP contribution >= 0.6 is 43.5 Å². The predicted molar refractivity (Wildman–Crippen MR) is 528 cm³/mol. The lowest BCUT2D eigenvalue weighted by atomic mass is 9.71. The molecule has 2 spiro atoms. The lowest BCUT2D eigenvalue weighted by Gasteiger charge is -2.38. The molecule has 0 unspecified atom stereocenters. The van der Waals surface area contributed by atoms with E-state index < -0.39 is 5.43 Å². The van der Waals surface area contributed by atoms with Gasteiger partial charge in [0.15, 0.2) is 0 Å². The Morgan fingerprint density at radius 1 is 0.400 bits per heavy atom. The third-order valence-electron chi connectivity index (χ3n) is 20.1. The van der Waals surface area contributed by atoms with E-state index in [4.69, 9.17) is 36.4 Å². The number of hydrogen-bond donors (Lipinski definition) is 4. The maximum Gasteiger partial charge on any atom is 0.410 e. The second kappa shape index (κ2) is 70.6. The van der Waals surface area contributed by atoms with Crippen LogP contribution in [0.25, 0.3) is 0 Å². The number of amides is 3. The number of ketones is 2. The van der Waals surface area contributed by atoms with E-state index in [0.29, 0.717) is 63.4 Å². The molecule has 0 aromatic heterocycles. The number of nitrogens with two attached hydrogens (primary N) is 1. The largest absolute Gasteiger partial charge is 0.504 e. The SMILES string of the molecule is CC.CC.CC.CC.CC.CC.CC.CC.COC=C1CCN(C(=O)OCc2ccccc2)CC1.NNc1ccccc1Br.O=C(Cl)OCc1ccccc1.O=C(OCc1ccccc1)N1CCC2(CC1)CNc1c(Br)cccc12.O=C1CCN(C(=O)OCc2ccccc2)CC1.O=C1CCN(Cc2ccccc2)CC1.c1ccc2c(c1)NCC21CCCCC1. The maximum absolute atomic E-state index is 12.4. The number of ether oxygens (including phenoxy) is 5. The second-order valence-corrected chi connectivity index (χ2v) is 29.6. The van der Waals surface area contributed by atoms with Crippen molar-refractivity contribution in [3.63, 3.8) is 0 Å². The van der Waals surface area contributed by atoms with Crippen molar-refractivity contribution in [3.8, 4) is 0 Å². The first-order valence-corrected chi connectivity index (χ1v) is 47.4. The summed E-state index contributed by atoms with van der Waals surface area (Å²) in [5.74, 6) is 5.80. The Hall–Kier alpha value is -9.51. The lowest BCUT2D eigenvalue weighted by Crippen LogP contribution is -2.46. The molecular formula is C103H149Br2ClN8O11. The first-order valence-electron chi connectivity index (χ1n) is 45.4. The van der Waals surface area contributed by atoms with Crippen molar-refractivity contribution in [1.29, 1.82) is 0 Å². The summed E-state index contributed by atoms with van der Waals surface area (Å²) in [6.07, 6.45) is 14.0. The van der Waals surface area contributed by atoms with Gasteiger partial charge in [-0.3, -0.25) is 20.3 Å². The zero-order valence-corrected chi connectivity index (χ0v) is 82.1. The number of anilines is 3. The Morgan fingerprint density at radius 3 is 1.15 bits per heavy atom. The molecule has 19 nitrogen and oxygen atoms in total. The highest BCUT2D eigenvalue weighted by Crippen LogP contribution is 2.48. The van der Waals surface area contributed by atoms with E-state index in [1.165, 1.54) is 66.7 Å². The predicted octanol–water partition coefficient (Wildman–Crippen LogP) is 27.2. The number of carbonyl (C=O) groups excluding carboxylic acids is 6. The van der Waals surface area contributed by atoms with E-state index in [2.05, 4.69) is 124 Å². The second-order valence-electron chi connectivity index (χ2n) is 27.6. The normalized spacial score (nSPS) is 14.5. The Morgan fingerprint density at radius 2 is 0.744 bits per heavy atom. The van der Waals surface area contributed by atoms with Crippen LogP contribution in [-0.4, -0.2) is 127 Å². The standard InChI is InChI=1S/C20H21BrN2O2.C15H19NO3.C13H15NO3.C13H17N.C12H15NO.C8H7ClO2.C6H7BrN2.8C2H6/c21-17-8-4-7-16-18(17)22-14-20(16)9-11-23(12-10-20)19(24)25-13-15-5-2-1-3-6-15;1-18-11-14-7-9-16(10-8-14)15(17)19-12-13-5-3-2-4-6-13;15-12-6-8-14(9-7-12)13(16)17-10-11-4-2-1-3-5-11;1-4-8-13(9-5-1)10-14-12-7-3-2-6-11(12)13;14-12-6-8-13(9-7-12)10-11-4-2-1-3-5-11;9-8(10)11-6-7-4-2-1-3-5-7;7-5-3-1-2-4-6(5)9-8;8*1-2/h1-8,22H,9-14H2;2-6,11H,7-10,12H2,1H3;1-5H,6-10H2;2-3,6-7,14H,1,4-5,8-10H2;1-5H,6-10H2;1-5H,6H2;1-4,9H,8H2;8*1-2H3. The summed E-state index contributed by atoms with van der Waals surface area (Å²) in [5.41, 5.74) is 15.4. The van der Waals surface area contributed by atoms with Gasteiger partial charge in [-0.05, 0) is 139 Å². The van der Waals surface area contributed by atoms with E-state index in [9.17, 15) is 28.8 Å². The Balaban J connectivity index is 0.000000721. The van der Waals surface area contributed by atoms with Gasteiger partial charge in [-0.15, -0.1) is 0 Å². The summed E-state index contributed by atoms with van der Waals surface area (Å²) in [4.78, 5) is 75.7. The van der Waals surface area contributed by atoms with Gasteiger partial charge < -0.3 is 54.4 Å². The summed E-state index contributed by atoms with van der Waals surface area (Å²) in [7, 11) is 1.65. The lowest BCUT2D eigenvalue weighted by molar-refractivity contribution is -0.122. The van der Waals surface area contributed by atoms with Gasteiger partial charge in [-0.1, -0.05) is 324 Å². The summed E-state index contributed by atoms with van der Waals surface area (Å²) in [5, 5.41) is 7.10.